The number of hydrazone groups is 1. The molecule has 7 nitrogen and oxygen atoms in total. The molecule has 0 fully saturated rings. The molecule has 1 amide bonds. The Morgan fingerprint density at radius 2 is 1.62 bits per heavy atom. The van der Waals surface area contributed by atoms with Crippen LogP contribution in [0.1, 0.15) is 15.9 Å². The zero-order chi connectivity index (χ0) is 22.9. The summed E-state index contributed by atoms with van der Waals surface area (Å²) in [5.41, 5.74) is 3.55. The minimum Gasteiger partial charge on any atom is -0.493 e. The quantitative estimate of drug-likeness (QED) is 0.182. The van der Waals surface area contributed by atoms with Crippen molar-refractivity contribution in [3.8, 4) is 17.2 Å². The van der Waals surface area contributed by atoms with Crippen molar-refractivity contribution >= 4 is 50.0 Å². The molecule has 3 aromatic carbocycles. The van der Waals surface area contributed by atoms with Gasteiger partial charge in [-0.2, -0.15) is 5.10 Å². The van der Waals surface area contributed by atoms with Crippen molar-refractivity contribution in [3.63, 3.8) is 0 Å². The molecule has 3 rings (SSSR count). The van der Waals surface area contributed by atoms with Crippen LogP contribution in [0, 0.1) is 0 Å². The molecule has 0 aliphatic carbocycles. The highest BCUT2D eigenvalue weighted by molar-refractivity contribution is 9.10. The van der Waals surface area contributed by atoms with Gasteiger partial charge in [0.25, 0.3) is 5.91 Å². The largest absolute Gasteiger partial charge is 0.493 e. The maximum Gasteiger partial charge on any atom is 0.343 e. The summed E-state index contributed by atoms with van der Waals surface area (Å²) in [7, 11) is 1.52. The number of ether oxygens (including phenoxy) is 3. The number of carbonyl (C=O) groups excluding carboxylic acids is 2. The summed E-state index contributed by atoms with van der Waals surface area (Å²) in [5.74, 6) is 0.482. The summed E-state index contributed by atoms with van der Waals surface area (Å²) in [5, 5.41) is 3.90. The number of nitrogens with one attached hydrogen (secondary N) is 1. The molecule has 164 valence electrons. The van der Waals surface area contributed by atoms with Crippen LogP contribution in [-0.4, -0.2) is 31.8 Å². The predicted octanol–water partition coefficient (Wildman–Crippen LogP) is 4.97. The minimum atomic E-state index is -0.450. The van der Waals surface area contributed by atoms with E-state index in [0.29, 0.717) is 28.4 Å². The molecule has 0 radical (unpaired) electrons. The normalized spacial score (nSPS) is 10.6. The van der Waals surface area contributed by atoms with E-state index in [9.17, 15) is 9.59 Å². The van der Waals surface area contributed by atoms with Crippen LogP contribution in [0.3, 0.4) is 0 Å². The summed E-state index contributed by atoms with van der Waals surface area (Å²) in [4.78, 5) is 24.1. The molecule has 1 N–H and O–H groups in total. The van der Waals surface area contributed by atoms with Gasteiger partial charge in [0.1, 0.15) is 5.75 Å². The van der Waals surface area contributed by atoms with E-state index in [1.54, 1.807) is 66.7 Å². The Kier molecular flexibility index (Phi) is 8.41. The molecule has 0 atom stereocenters. The smallest absolute Gasteiger partial charge is 0.343 e. The molecule has 0 aliphatic rings. The van der Waals surface area contributed by atoms with Crippen molar-refractivity contribution in [3.05, 3.63) is 86.8 Å². The van der Waals surface area contributed by atoms with Gasteiger partial charge in [-0.05, 0) is 72.3 Å². The van der Waals surface area contributed by atoms with Gasteiger partial charge in [-0.1, -0.05) is 31.9 Å². The van der Waals surface area contributed by atoms with Gasteiger partial charge in [0.15, 0.2) is 18.1 Å². The van der Waals surface area contributed by atoms with Crippen LogP contribution in [0.15, 0.2) is 80.8 Å². The molecule has 0 saturated carbocycles. The molecule has 0 bridgehead atoms. The molecule has 32 heavy (non-hydrogen) atoms. The third kappa shape index (κ3) is 6.93. The molecule has 0 aromatic heterocycles. The van der Waals surface area contributed by atoms with Gasteiger partial charge in [-0.25, -0.2) is 10.2 Å². The maximum absolute atomic E-state index is 12.1. The van der Waals surface area contributed by atoms with E-state index in [4.69, 9.17) is 14.2 Å². The van der Waals surface area contributed by atoms with Crippen LogP contribution < -0.4 is 19.6 Å². The van der Waals surface area contributed by atoms with Gasteiger partial charge in [0.2, 0.25) is 0 Å². The Morgan fingerprint density at radius 1 is 0.938 bits per heavy atom. The first-order valence-corrected chi connectivity index (χ1v) is 10.9. The first-order chi connectivity index (χ1) is 15.4. The van der Waals surface area contributed by atoms with Crippen LogP contribution >= 0.6 is 31.9 Å². The zero-order valence-corrected chi connectivity index (χ0v) is 20.1. The zero-order valence-electron chi connectivity index (χ0n) is 16.9. The number of carbonyl (C=O) groups is 2. The van der Waals surface area contributed by atoms with Crippen LogP contribution in [0.4, 0.5) is 0 Å². The fourth-order valence-electron chi connectivity index (χ4n) is 2.49. The van der Waals surface area contributed by atoms with E-state index in [1.807, 2.05) is 0 Å². The number of hydrogen-bond donors (Lipinski definition) is 1. The number of rotatable bonds is 8. The van der Waals surface area contributed by atoms with Crippen LogP contribution in [0.2, 0.25) is 0 Å². The van der Waals surface area contributed by atoms with Crippen molar-refractivity contribution in [2.24, 2.45) is 5.10 Å². The van der Waals surface area contributed by atoms with Crippen molar-refractivity contribution in [1.29, 1.82) is 0 Å². The summed E-state index contributed by atoms with van der Waals surface area (Å²) in [6.07, 6.45) is 1.47. The highest BCUT2D eigenvalue weighted by Gasteiger charge is 2.09. The molecular formula is C23H18Br2N2O5. The molecule has 3 aromatic rings. The van der Waals surface area contributed by atoms with E-state index in [0.717, 1.165) is 8.95 Å². The first kappa shape index (κ1) is 23.5. The second kappa shape index (κ2) is 11.4. The highest BCUT2D eigenvalue weighted by Crippen LogP contribution is 2.30. The topological polar surface area (TPSA) is 86.2 Å². The van der Waals surface area contributed by atoms with Gasteiger partial charge in [-0.3, -0.25) is 4.79 Å². The minimum absolute atomic E-state index is 0.222. The van der Waals surface area contributed by atoms with E-state index in [2.05, 4.69) is 42.4 Å². The fourth-order valence-corrected chi connectivity index (χ4v) is 3.09. The van der Waals surface area contributed by atoms with Crippen LogP contribution in [-0.2, 0) is 4.79 Å². The van der Waals surface area contributed by atoms with Crippen molar-refractivity contribution in [2.45, 2.75) is 0 Å². The Labute approximate surface area is 201 Å². The summed E-state index contributed by atoms with van der Waals surface area (Å²) in [6, 6.07) is 18.8. The lowest BCUT2D eigenvalue weighted by atomic mass is 10.2. The molecule has 0 unspecified atom stereocenters. The third-order valence-electron chi connectivity index (χ3n) is 4.06. The summed E-state index contributed by atoms with van der Waals surface area (Å²) in [6.45, 7) is -0.222. The van der Waals surface area contributed by atoms with E-state index in [-0.39, 0.29) is 6.61 Å². The molecule has 9 heteroatoms. The standard InChI is InChI=1S/C23H18Br2N2O5/c1-30-21-12-18(25)8-11-20(21)31-14-22(28)27-26-13-15-2-9-19(10-3-15)32-23(29)16-4-6-17(24)7-5-16/h2-13H,14H2,1H3,(H,27,28)/b26-13-. The van der Waals surface area contributed by atoms with Gasteiger partial charge in [0.05, 0.1) is 18.9 Å². The average Bonchev–Trinajstić information content (AvgIpc) is 2.79. The number of methoxy groups -OCH3 is 1. The Balaban J connectivity index is 1.47. The second-order valence-electron chi connectivity index (χ2n) is 6.34. The monoisotopic (exact) mass is 560 g/mol. The van der Waals surface area contributed by atoms with E-state index < -0.39 is 11.9 Å². The van der Waals surface area contributed by atoms with Gasteiger partial charge < -0.3 is 14.2 Å². The SMILES string of the molecule is COc1cc(Br)ccc1OCC(=O)N/N=C\c1ccc(OC(=O)c2ccc(Br)cc2)cc1. The highest BCUT2D eigenvalue weighted by atomic mass is 79.9. The van der Waals surface area contributed by atoms with Crippen LogP contribution in [0.25, 0.3) is 0 Å². The molecular weight excluding hydrogens is 544 g/mol. The van der Waals surface area contributed by atoms with E-state index in [1.165, 1.54) is 13.3 Å². The van der Waals surface area contributed by atoms with Crippen molar-refractivity contribution in [1.82, 2.24) is 5.43 Å². The first-order valence-electron chi connectivity index (χ1n) is 9.30. The Bertz CT molecular complexity index is 1120. The van der Waals surface area contributed by atoms with Gasteiger partial charge >= 0.3 is 5.97 Å². The number of esters is 1. The number of benzene rings is 3. The van der Waals surface area contributed by atoms with Gasteiger partial charge in [0, 0.05) is 8.95 Å². The van der Waals surface area contributed by atoms with E-state index >= 15 is 0 Å². The Morgan fingerprint density at radius 3 is 2.31 bits per heavy atom. The summed E-state index contributed by atoms with van der Waals surface area (Å²) >= 11 is 6.66. The molecule has 0 spiro atoms. The lowest BCUT2D eigenvalue weighted by Crippen LogP contribution is -2.24. The number of halogens is 2. The van der Waals surface area contributed by atoms with Crippen molar-refractivity contribution in [2.75, 3.05) is 13.7 Å². The maximum atomic E-state index is 12.1. The third-order valence-corrected chi connectivity index (χ3v) is 5.08. The average molecular weight is 562 g/mol. The Hall–Kier alpha value is -3.17. The lowest BCUT2D eigenvalue weighted by molar-refractivity contribution is -0.123. The van der Waals surface area contributed by atoms with Gasteiger partial charge in [-0.15, -0.1) is 0 Å². The molecule has 0 saturated heterocycles. The second-order valence-corrected chi connectivity index (χ2v) is 8.17. The molecule has 0 aliphatic heterocycles. The van der Waals surface area contributed by atoms with Crippen LogP contribution in [0.5, 0.6) is 17.2 Å². The number of amides is 1. The summed E-state index contributed by atoms with van der Waals surface area (Å²) < 4.78 is 17.7. The fraction of sp³-hybridized carbons (Fsp3) is 0.0870. The lowest BCUT2D eigenvalue weighted by Gasteiger charge is -2.10. The number of nitrogens with zero attached hydrogens (tertiary/aromatic N) is 1. The van der Waals surface area contributed by atoms with Crippen molar-refractivity contribution < 1.29 is 23.8 Å². The number of hydrogen-bond acceptors (Lipinski definition) is 6. The molecule has 0 heterocycles. The predicted molar refractivity (Wildman–Crippen MR) is 127 cm³/mol.